The van der Waals surface area contributed by atoms with Gasteiger partial charge in [0.25, 0.3) is 0 Å². The van der Waals surface area contributed by atoms with E-state index in [1.54, 1.807) is 11.3 Å². The van der Waals surface area contributed by atoms with Crippen molar-refractivity contribution in [1.82, 2.24) is 4.57 Å². The van der Waals surface area contributed by atoms with Gasteiger partial charge in [0.2, 0.25) is 0 Å². The lowest BCUT2D eigenvalue weighted by Crippen LogP contribution is -2.13. The second kappa shape index (κ2) is 5.38. The molecule has 0 amide bonds. The summed E-state index contributed by atoms with van der Waals surface area (Å²) >= 11 is 1.72. The molecular weight excluding hydrogens is 270 g/mol. The molecule has 3 aromatic rings. The highest BCUT2D eigenvalue weighted by Crippen LogP contribution is 2.19. The minimum absolute atomic E-state index is 0.137. The average molecular weight is 285 g/mol. The van der Waals surface area contributed by atoms with Crippen LogP contribution in [0.5, 0.6) is 0 Å². The lowest BCUT2D eigenvalue weighted by atomic mass is 10.1. The summed E-state index contributed by atoms with van der Waals surface area (Å²) in [5.41, 5.74) is 8.83. The monoisotopic (exact) mass is 285 g/mol. The van der Waals surface area contributed by atoms with E-state index in [1.165, 1.54) is 5.56 Å². The Hall–Kier alpha value is -2.27. The van der Waals surface area contributed by atoms with E-state index in [4.69, 9.17) is 10.9 Å². The Kier molecular flexibility index (Phi) is 3.43. The highest BCUT2D eigenvalue weighted by atomic mass is 32.1. The number of benzene rings is 1. The van der Waals surface area contributed by atoms with Gasteiger partial charge in [-0.2, -0.15) is 11.3 Å². The molecule has 0 unspecified atom stereocenters. The van der Waals surface area contributed by atoms with Gasteiger partial charge in [-0.15, -0.1) is 0 Å². The minimum atomic E-state index is 0.137. The third kappa shape index (κ3) is 2.40. The first kappa shape index (κ1) is 12.7. The van der Waals surface area contributed by atoms with E-state index in [0.29, 0.717) is 0 Å². The predicted molar refractivity (Wildman–Crippen MR) is 82.5 cm³/mol. The molecule has 20 heavy (non-hydrogen) atoms. The normalized spacial score (nSPS) is 12.1. The van der Waals surface area contributed by atoms with Gasteiger partial charge >= 0.3 is 0 Å². The van der Waals surface area contributed by atoms with Gasteiger partial charge in [-0.25, -0.2) is 0 Å². The molecule has 3 N–H and O–H groups in total. The van der Waals surface area contributed by atoms with Crippen molar-refractivity contribution in [3.63, 3.8) is 0 Å². The predicted octanol–water partition coefficient (Wildman–Crippen LogP) is 3.04. The molecule has 0 radical (unpaired) electrons. The van der Waals surface area contributed by atoms with Crippen molar-refractivity contribution < 1.29 is 5.21 Å². The number of rotatable bonds is 4. The molecule has 102 valence electrons. The molecule has 3 rings (SSSR count). The van der Waals surface area contributed by atoms with Crippen LogP contribution >= 0.6 is 11.3 Å². The smallest absolute Gasteiger partial charge is 0.170 e. The third-order valence-corrected chi connectivity index (χ3v) is 4.13. The molecule has 0 aliphatic carbocycles. The maximum Gasteiger partial charge on any atom is 0.170 e. The van der Waals surface area contributed by atoms with Crippen molar-refractivity contribution in [2.45, 2.75) is 13.0 Å². The molecule has 5 heteroatoms. The van der Waals surface area contributed by atoms with Crippen LogP contribution in [0.25, 0.3) is 10.9 Å². The van der Waals surface area contributed by atoms with Gasteiger partial charge < -0.3 is 15.5 Å². The van der Waals surface area contributed by atoms with Crippen LogP contribution in [0.1, 0.15) is 11.1 Å². The first-order valence-electron chi connectivity index (χ1n) is 6.36. The van der Waals surface area contributed by atoms with Crippen LogP contribution in [0.3, 0.4) is 0 Å². The molecule has 1 aromatic carbocycles. The maximum atomic E-state index is 8.77. The zero-order valence-corrected chi connectivity index (χ0v) is 11.7. The molecule has 0 saturated heterocycles. The van der Waals surface area contributed by atoms with E-state index in [0.717, 1.165) is 29.4 Å². The lowest BCUT2D eigenvalue weighted by molar-refractivity contribution is 0.318. The summed E-state index contributed by atoms with van der Waals surface area (Å²) in [7, 11) is 0. The molecule has 0 aliphatic rings. The van der Waals surface area contributed by atoms with Crippen LogP contribution in [0.15, 0.2) is 52.4 Å². The van der Waals surface area contributed by atoms with Crippen molar-refractivity contribution in [2.75, 3.05) is 0 Å². The first-order valence-corrected chi connectivity index (χ1v) is 7.30. The summed E-state index contributed by atoms with van der Waals surface area (Å²) in [4.78, 5) is 0. The molecule has 0 bridgehead atoms. The number of hydrogen-bond donors (Lipinski definition) is 2. The van der Waals surface area contributed by atoms with E-state index in [2.05, 4.69) is 38.8 Å². The second-order valence-electron chi connectivity index (χ2n) is 4.65. The van der Waals surface area contributed by atoms with Crippen molar-refractivity contribution in [2.24, 2.45) is 10.9 Å². The molecule has 0 fully saturated rings. The summed E-state index contributed by atoms with van der Waals surface area (Å²) in [6.45, 7) is 0.917. The van der Waals surface area contributed by atoms with Crippen LogP contribution in [0, 0.1) is 0 Å². The molecule has 2 heterocycles. The fraction of sp³-hybridized carbons (Fsp3) is 0.133. The number of aromatic nitrogens is 1. The van der Waals surface area contributed by atoms with Crippen molar-refractivity contribution in [3.05, 3.63) is 58.4 Å². The van der Waals surface area contributed by atoms with Crippen molar-refractivity contribution >= 4 is 28.1 Å². The summed E-state index contributed by atoms with van der Waals surface area (Å²) < 4.78 is 2.20. The Labute approximate surface area is 120 Å². The molecule has 0 spiro atoms. The molecule has 0 atom stereocenters. The Bertz CT molecular complexity index is 744. The largest absolute Gasteiger partial charge is 0.409 e. The Morgan fingerprint density at radius 1 is 1.30 bits per heavy atom. The van der Waals surface area contributed by atoms with E-state index in [9.17, 15) is 0 Å². The summed E-state index contributed by atoms with van der Waals surface area (Å²) in [6.07, 6.45) is 3.08. The average Bonchev–Trinajstić information content (AvgIpc) is 3.13. The number of nitrogens with zero attached hydrogens (tertiary/aromatic N) is 2. The van der Waals surface area contributed by atoms with Gasteiger partial charge in [0.15, 0.2) is 5.84 Å². The lowest BCUT2D eigenvalue weighted by Gasteiger charge is -2.06. The number of nitrogens with two attached hydrogens (primary N) is 1. The molecule has 2 aromatic heterocycles. The Morgan fingerprint density at radius 2 is 2.20 bits per heavy atom. The van der Waals surface area contributed by atoms with Crippen LogP contribution in [0.4, 0.5) is 0 Å². The van der Waals surface area contributed by atoms with E-state index in [-0.39, 0.29) is 5.84 Å². The number of amidine groups is 1. The zero-order valence-electron chi connectivity index (χ0n) is 10.9. The fourth-order valence-corrected chi connectivity index (χ4v) is 2.98. The van der Waals surface area contributed by atoms with E-state index < -0.39 is 0 Å². The minimum Gasteiger partial charge on any atom is -0.409 e. The van der Waals surface area contributed by atoms with Crippen LogP contribution in [-0.4, -0.2) is 15.6 Å². The van der Waals surface area contributed by atoms with Gasteiger partial charge in [0.1, 0.15) is 0 Å². The number of aryl methyl sites for hydroxylation is 2. The summed E-state index contributed by atoms with van der Waals surface area (Å²) in [5, 5.41) is 17.2. The molecule has 0 saturated carbocycles. The fourth-order valence-electron chi connectivity index (χ4n) is 2.28. The second-order valence-corrected chi connectivity index (χ2v) is 5.43. The van der Waals surface area contributed by atoms with Gasteiger partial charge in [-0.05, 0) is 46.3 Å². The number of thiophene rings is 1. The number of hydrogen-bond acceptors (Lipinski definition) is 3. The molecular formula is C15H15N3OS. The first-order chi connectivity index (χ1) is 9.78. The summed E-state index contributed by atoms with van der Waals surface area (Å²) in [6, 6.07) is 10.0. The highest BCUT2D eigenvalue weighted by Gasteiger charge is 2.05. The van der Waals surface area contributed by atoms with Crippen LogP contribution < -0.4 is 5.73 Å². The Balaban J connectivity index is 1.90. The van der Waals surface area contributed by atoms with Gasteiger partial charge in [0, 0.05) is 23.8 Å². The SMILES string of the molecule is N/C(=N/O)c1ccc2ccn(CCc3ccsc3)c2c1. The van der Waals surface area contributed by atoms with E-state index >= 15 is 0 Å². The van der Waals surface area contributed by atoms with Crippen LogP contribution in [0.2, 0.25) is 0 Å². The van der Waals surface area contributed by atoms with Crippen LogP contribution in [-0.2, 0) is 13.0 Å². The zero-order chi connectivity index (χ0) is 13.9. The standard InChI is InChI=1S/C15H15N3OS/c16-15(17-19)13-2-1-12-4-7-18(14(12)9-13)6-3-11-5-8-20-10-11/h1-2,4-5,7-10,19H,3,6H2,(H2,16,17). The van der Waals surface area contributed by atoms with Gasteiger partial charge in [0.05, 0.1) is 0 Å². The maximum absolute atomic E-state index is 8.77. The highest BCUT2D eigenvalue weighted by molar-refractivity contribution is 7.07. The van der Waals surface area contributed by atoms with Crippen molar-refractivity contribution in [1.29, 1.82) is 0 Å². The number of oxime groups is 1. The number of fused-ring (bicyclic) bond motifs is 1. The van der Waals surface area contributed by atoms with E-state index in [1.807, 2.05) is 18.2 Å². The van der Waals surface area contributed by atoms with Crippen molar-refractivity contribution in [3.8, 4) is 0 Å². The molecule has 0 aliphatic heterocycles. The third-order valence-electron chi connectivity index (χ3n) is 3.40. The summed E-state index contributed by atoms with van der Waals surface area (Å²) in [5.74, 6) is 0.137. The quantitative estimate of drug-likeness (QED) is 0.335. The molecule has 4 nitrogen and oxygen atoms in total. The van der Waals surface area contributed by atoms with Gasteiger partial charge in [-0.1, -0.05) is 17.3 Å². The Morgan fingerprint density at radius 3 is 2.95 bits per heavy atom. The topological polar surface area (TPSA) is 63.5 Å². The van der Waals surface area contributed by atoms with Gasteiger partial charge in [-0.3, -0.25) is 0 Å².